The van der Waals surface area contributed by atoms with Gasteiger partial charge in [-0.05, 0) is 51.1 Å². The van der Waals surface area contributed by atoms with Crippen LogP contribution in [-0.4, -0.2) is 51.6 Å². The molecule has 9 nitrogen and oxygen atoms in total. The number of nitrogens with one attached hydrogen (secondary N) is 1. The van der Waals surface area contributed by atoms with Crippen molar-refractivity contribution in [2.24, 2.45) is 0 Å². The molecule has 1 aliphatic heterocycles. The number of alkyl halides is 1. The molecule has 0 bridgehead atoms. The van der Waals surface area contributed by atoms with Crippen LogP contribution in [-0.2, 0) is 32.0 Å². The Morgan fingerprint density at radius 2 is 1.06 bits per heavy atom. The molecule has 4 atom stereocenters. The van der Waals surface area contributed by atoms with E-state index < -0.39 is 35.7 Å². The zero-order valence-electron chi connectivity index (χ0n) is 36.3. The Kier molecular flexibility index (Phi) is 12.2. The van der Waals surface area contributed by atoms with E-state index in [9.17, 15) is 0 Å². The number of ether oxygens (including phenoxy) is 4. The van der Waals surface area contributed by atoms with Crippen LogP contribution in [0.2, 0.25) is 0 Å². The highest BCUT2D eigenvalue weighted by molar-refractivity contribution is 5.84. The van der Waals surface area contributed by atoms with Crippen molar-refractivity contribution >= 4 is 17.0 Å². The van der Waals surface area contributed by atoms with E-state index in [-0.39, 0.29) is 13.2 Å². The van der Waals surface area contributed by atoms with Gasteiger partial charge in [-0.15, -0.1) is 0 Å². The first-order valence-corrected chi connectivity index (χ1v) is 22.1. The van der Waals surface area contributed by atoms with Crippen LogP contribution in [0.15, 0.2) is 219 Å². The Bertz CT molecular complexity index is 2750. The second-order valence-corrected chi connectivity index (χ2v) is 16.2. The number of benzene rings is 7. The fourth-order valence-electron chi connectivity index (χ4n) is 9.23. The van der Waals surface area contributed by atoms with Crippen LogP contribution < -0.4 is 10.1 Å². The van der Waals surface area contributed by atoms with Crippen LogP contribution in [0.5, 0.6) is 5.75 Å². The molecule has 10 heteroatoms. The summed E-state index contributed by atoms with van der Waals surface area (Å²) in [4.78, 5) is 14.4. The Labute approximate surface area is 383 Å². The van der Waals surface area contributed by atoms with E-state index in [1.54, 1.807) is 18.0 Å². The zero-order chi connectivity index (χ0) is 44.8. The van der Waals surface area contributed by atoms with Gasteiger partial charge in [0.15, 0.2) is 29.4 Å². The van der Waals surface area contributed by atoms with Crippen molar-refractivity contribution in [3.8, 4) is 5.75 Å². The molecular formula is C56H48FN5O4. The Hall–Kier alpha value is -7.50. The Balaban J connectivity index is 1.04. The fraction of sp³-hybridized carbons (Fsp3) is 0.161. The first-order chi connectivity index (χ1) is 32.6. The van der Waals surface area contributed by atoms with Gasteiger partial charge in [0, 0.05) is 0 Å². The molecule has 3 heterocycles. The molecule has 328 valence electrons. The first kappa shape index (κ1) is 42.5. The van der Waals surface area contributed by atoms with Crippen molar-refractivity contribution < 1.29 is 23.3 Å². The first-order valence-electron chi connectivity index (χ1n) is 22.1. The van der Waals surface area contributed by atoms with Gasteiger partial charge < -0.3 is 24.3 Å². The predicted octanol–water partition coefficient (Wildman–Crippen LogP) is 11.1. The molecule has 0 saturated carbocycles. The van der Waals surface area contributed by atoms with Gasteiger partial charge in [-0.3, -0.25) is 4.57 Å². The van der Waals surface area contributed by atoms with Gasteiger partial charge in [0.05, 0.1) is 26.7 Å². The monoisotopic (exact) mass is 873 g/mol. The van der Waals surface area contributed by atoms with E-state index in [0.29, 0.717) is 22.7 Å². The summed E-state index contributed by atoms with van der Waals surface area (Å²) in [5, 5.41) is 3.83. The fourth-order valence-corrected chi connectivity index (χ4v) is 9.23. The minimum absolute atomic E-state index is 0.0228. The van der Waals surface area contributed by atoms with Gasteiger partial charge in [-0.2, -0.15) is 0 Å². The van der Waals surface area contributed by atoms with Crippen molar-refractivity contribution in [3.63, 3.8) is 0 Å². The van der Waals surface area contributed by atoms with Crippen LogP contribution in [0.3, 0.4) is 0 Å². The molecule has 1 saturated heterocycles. The normalized spacial score (nSPS) is 17.4. The average molecular weight is 874 g/mol. The Morgan fingerprint density at radius 1 is 0.591 bits per heavy atom. The van der Waals surface area contributed by atoms with E-state index in [0.717, 1.165) is 38.9 Å². The lowest BCUT2D eigenvalue weighted by atomic mass is 9.77. The maximum atomic E-state index is 17.6. The van der Waals surface area contributed by atoms with Crippen molar-refractivity contribution in [2.75, 3.05) is 19.0 Å². The van der Waals surface area contributed by atoms with E-state index in [1.165, 1.54) is 6.33 Å². The summed E-state index contributed by atoms with van der Waals surface area (Å²) in [6, 6.07) is 68.5. The average Bonchev–Trinajstić information content (AvgIpc) is 3.97. The second kappa shape index (κ2) is 18.9. The molecule has 66 heavy (non-hydrogen) atoms. The van der Waals surface area contributed by atoms with Gasteiger partial charge >= 0.3 is 0 Å². The molecule has 1 fully saturated rings. The van der Waals surface area contributed by atoms with Crippen molar-refractivity contribution in [3.05, 3.63) is 258 Å². The second-order valence-electron chi connectivity index (χ2n) is 16.2. The number of fused-ring (bicyclic) bond motifs is 1. The van der Waals surface area contributed by atoms with Gasteiger partial charge in [-0.1, -0.05) is 194 Å². The van der Waals surface area contributed by atoms with Crippen LogP contribution in [0.1, 0.15) is 45.2 Å². The maximum Gasteiger partial charge on any atom is 0.174 e. The van der Waals surface area contributed by atoms with Gasteiger partial charge in [-0.25, -0.2) is 19.3 Å². The minimum Gasteiger partial charge on any atom is -0.497 e. The Morgan fingerprint density at radius 3 is 1.53 bits per heavy atom. The number of hydrogen-bond acceptors (Lipinski definition) is 8. The number of aromatic nitrogens is 4. The number of anilines is 1. The summed E-state index contributed by atoms with van der Waals surface area (Å²) in [5.74, 6) is 1.18. The summed E-state index contributed by atoms with van der Waals surface area (Å²) in [5.41, 5.74) is 5.46. The van der Waals surface area contributed by atoms with Crippen molar-refractivity contribution in [2.45, 2.75) is 42.4 Å². The highest BCUT2D eigenvalue weighted by Gasteiger charge is 2.50. The smallest absolute Gasteiger partial charge is 0.174 e. The molecule has 0 radical (unpaired) electrons. The summed E-state index contributed by atoms with van der Waals surface area (Å²) in [7, 11) is 1.62. The van der Waals surface area contributed by atoms with Crippen LogP contribution in [0.25, 0.3) is 11.2 Å². The van der Waals surface area contributed by atoms with Gasteiger partial charge in [0.2, 0.25) is 0 Å². The van der Waals surface area contributed by atoms with Crippen molar-refractivity contribution in [1.29, 1.82) is 0 Å². The van der Waals surface area contributed by atoms with E-state index in [1.807, 2.05) is 133 Å². The molecule has 0 aliphatic carbocycles. The number of rotatable bonds is 16. The standard InChI is InChI=1S/C56H48FN5O4/c1-63-47-34-32-40(33-35-47)36-64-51-48(37-65-56(44-26-14-5-15-27-44,45-28-16-6-17-29-45)46-30-18-7-19-31-46)66-54(49(51)57)62-39-60-50-52(58-38-59-53(50)62)61-55(41-20-8-2-9-21-41,42-22-10-3-11-23-42)43-24-12-4-13-25-43/h2-35,38-39,48-49,51,54H,36-37H2,1H3,(H,58,59,61)/t48-,49-,51-,54-/m1/s1. The molecule has 7 aromatic carbocycles. The van der Waals surface area contributed by atoms with Crippen LogP contribution >= 0.6 is 0 Å². The summed E-state index contributed by atoms with van der Waals surface area (Å²) >= 11 is 0. The highest BCUT2D eigenvalue weighted by atomic mass is 19.1. The quantitative estimate of drug-likeness (QED) is 0.0960. The van der Waals surface area contributed by atoms with E-state index in [2.05, 4.69) is 78.1 Å². The summed E-state index contributed by atoms with van der Waals surface area (Å²) < 4.78 is 45.2. The van der Waals surface area contributed by atoms with Crippen LogP contribution in [0.4, 0.5) is 10.2 Å². The molecule has 10 rings (SSSR count). The lowest BCUT2D eigenvalue weighted by Gasteiger charge is -2.37. The predicted molar refractivity (Wildman–Crippen MR) is 254 cm³/mol. The van der Waals surface area contributed by atoms with Gasteiger partial charge in [0.1, 0.15) is 35.4 Å². The SMILES string of the molecule is COc1ccc(CO[C@H]2[C@@H](F)[C@H](n3cnc4c(NC(c5ccccc5)(c5ccccc5)c5ccccc5)ncnc43)O[C@@H]2COC(c2ccccc2)(c2ccccc2)c2ccccc2)cc1. The molecule has 2 aromatic heterocycles. The molecule has 9 aromatic rings. The molecular weight excluding hydrogens is 826 g/mol. The number of hydrogen-bond donors (Lipinski definition) is 1. The molecule has 0 spiro atoms. The number of methoxy groups -OCH3 is 1. The number of imidazole rings is 1. The summed E-state index contributed by atoms with van der Waals surface area (Å²) in [6.45, 7) is 0.107. The van der Waals surface area contributed by atoms with Crippen molar-refractivity contribution in [1.82, 2.24) is 19.5 Å². The molecule has 0 amide bonds. The lowest BCUT2D eigenvalue weighted by Crippen LogP contribution is -2.40. The largest absolute Gasteiger partial charge is 0.497 e. The zero-order valence-corrected chi connectivity index (χ0v) is 36.3. The third-order valence-electron chi connectivity index (χ3n) is 12.4. The van der Waals surface area contributed by atoms with Crippen LogP contribution in [0, 0.1) is 0 Å². The topological polar surface area (TPSA) is 92.6 Å². The molecule has 1 aliphatic rings. The molecule has 0 unspecified atom stereocenters. The third kappa shape index (κ3) is 8.00. The minimum atomic E-state index is -1.66. The van der Waals surface area contributed by atoms with E-state index >= 15 is 4.39 Å². The maximum absolute atomic E-state index is 17.6. The summed E-state index contributed by atoms with van der Waals surface area (Å²) in [6.07, 6.45) is -1.69. The molecule has 1 N–H and O–H groups in total. The number of halogens is 1. The number of nitrogens with zero attached hydrogens (tertiary/aromatic N) is 4. The third-order valence-corrected chi connectivity index (χ3v) is 12.4. The van der Waals surface area contributed by atoms with Gasteiger partial charge in [0.25, 0.3) is 0 Å². The highest BCUT2D eigenvalue weighted by Crippen LogP contribution is 2.44. The lowest BCUT2D eigenvalue weighted by molar-refractivity contribution is -0.105. The van der Waals surface area contributed by atoms with E-state index in [4.69, 9.17) is 33.9 Å².